The highest BCUT2D eigenvalue weighted by Crippen LogP contribution is 2.29. The number of carbonyl (C=O) groups is 2. The van der Waals surface area contributed by atoms with E-state index in [0.717, 1.165) is 6.42 Å². The number of carboxylic acids is 1. The van der Waals surface area contributed by atoms with Gasteiger partial charge >= 0.3 is 5.97 Å². The number of nitrogens with zero attached hydrogens (tertiary/aromatic N) is 2. The van der Waals surface area contributed by atoms with Crippen LogP contribution in [0.3, 0.4) is 0 Å². The average molecular weight is 334 g/mol. The van der Waals surface area contributed by atoms with E-state index < -0.39 is 22.8 Å². The van der Waals surface area contributed by atoms with Gasteiger partial charge < -0.3 is 10.0 Å². The molecule has 7 heteroatoms. The molecule has 0 aliphatic carbocycles. The third-order valence-corrected chi connectivity index (χ3v) is 4.51. The van der Waals surface area contributed by atoms with E-state index in [2.05, 4.69) is 0 Å². The lowest BCUT2D eigenvalue weighted by molar-refractivity contribution is -0.385. The molecule has 1 aliphatic rings. The van der Waals surface area contributed by atoms with Crippen LogP contribution < -0.4 is 0 Å². The Morgan fingerprint density at radius 2 is 2.04 bits per heavy atom. The number of aliphatic carboxylic acids is 1. The lowest BCUT2D eigenvalue weighted by atomic mass is 9.91. The Labute approximate surface area is 140 Å². The van der Waals surface area contributed by atoms with E-state index in [9.17, 15) is 24.8 Å². The van der Waals surface area contributed by atoms with Gasteiger partial charge in [-0.2, -0.15) is 0 Å². The summed E-state index contributed by atoms with van der Waals surface area (Å²) in [5.74, 6) is -1.32. The summed E-state index contributed by atoms with van der Waals surface area (Å²) in [6.07, 6.45) is 1.12. The van der Waals surface area contributed by atoms with Gasteiger partial charge in [-0.25, -0.2) is 4.79 Å². The molecule has 2 unspecified atom stereocenters. The van der Waals surface area contributed by atoms with Crippen LogP contribution in [0.25, 0.3) is 0 Å². The second-order valence-electron chi connectivity index (χ2n) is 6.67. The number of likely N-dealkylation sites (tertiary alicyclic amines) is 1. The largest absolute Gasteiger partial charge is 0.480 e. The van der Waals surface area contributed by atoms with E-state index in [1.807, 2.05) is 20.8 Å². The molecule has 0 spiro atoms. The molecule has 1 fully saturated rings. The summed E-state index contributed by atoms with van der Waals surface area (Å²) in [6.45, 7) is 5.99. The molecule has 1 aliphatic heterocycles. The van der Waals surface area contributed by atoms with Crippen LogP contribution >= 0.6 is 0 Å². The number of rotatable bonds is 4. The highest BCUT2D eigenvalue weighted by Gasteiger charge is 2.35. The predicted octanol–water partition coefficient (Wildman–Crippen LogP) is 3.04. The zero-order valence-corrected chi connectivity index (χ0v) is 14.1. The van der Waals surface area contributed by atoms with Crippen molar-refractivity contribution in [3.05, 3.63) is 39.4 Å². The van der Waals surface area contributed by atoms with E-state index in [4.69, 9.17) is 0 Å². The van der Waals surface area contributed by atoms with Gasteiger partial charge in [0.1, 0.15) is 6.04 Å². The number of piperidine rings is 1. The highest BCUT2D eigenvalue weighted by molar-refractivity contribution is 5.97. The summed E-state index contributed by atoms with van der Waals surface area (Å²) in [7, 11) is 0. The first-order valence-electron chi connectivity index (χ1n) is 8.04. The number of amides is 1. The topological polar surface area (TPSA) is 101 Å². The van der Waals surface area contributed by atoms with Crippen LogP contribution in [0.1, 0.15) is 55.5 Å². The maximum atomic E-state index is 12.7. The lowest BCUT2D eigenvalue weighted by Crippen LogP contribution is -2.49. The van der Waals surface area contributed by atoms with Crippen LogP contribution in [-0.4, -0.2) is 39.4 Å². The highest BCUT2D eigenvalue weighted by atomic mass is 16.6. The summed E-state index contributed by atoms with van der Waals surface area (Å²) in [6, 6.07) is 3.50. The minimum absolute atomic E-state index is 0.0443. The van der Waals surface area contributed by atoms with Gasteiger partial charge in [0.2, 0.25) is 0 Å². The molecule has 1 saturated heterocycles. The third kappa shape index (κ3) is 3.55. The van der Waals surface area contributed by atoms with Crippen molar-refractivity contribution in [3.8, 4) is 0 Å². The summed E-state index contributed by atoms with van der Waals surface area (Å²) in [5.41, 5.74) is 0.610. The first-order valence-corrected chi connectivity index (χ1v) is 8.04. The van der Waals surface area contributed by atoms with Crippen LogP contribution in [0.4, 0.5) is 5.69 Å². The molecule has 0 radical (unpaired) electrons. The normalized spacial score (nSPS) is 20.9. The monoisotopic (exact) mass is 334 g/mol. The fourth-order valence-corrected chi connectivity index (χ4v) is 3.11. The maximum Gasteiger partial charge on any atom is 0.326 e. The number of benzene rings is 1. The minimum Gasteiger partial charge on any atom is -0.480 e. The molecule has 130 valence electrons. The van der Waals surface area contributed by atoms with E-state index >= 15 is 0 Å². The van der Waals surface area contributed by atoms with Crippen LogP contribution in [0, 0.1) is 16.0 Å². The molecule has 1 amide bonds. The number of carbonyl (C=O) groups excluding carboxylic acids is 1. The predicted molar refractivity (Wildman–Crippen MR) is 88.0 cm³/mol. The number of nitro benzene ring substituents is 1. The van der Waals surface area contributed by atoms with Gasteiger partial charge in [-0.05, 0) is 30.7 Å². The molecule has 0 saturated carbocycles. The molecule has 0 bridgehead atoms. The SMILES string of the molecule is CC1CCN(C(=O)c2ccc(C(C)C)c([N+](=O)[O-])c2)C(C(=O)O)C1. The first kappa shape index (κ1) is 17.9. The molecule has 1 aromatic carbocycles. The van der Waals surface area contributed by atoms with Crippen molar-refractivity contribution in [1.82, 2.24) is 4.90 Å². The van der Waals surface area contributed by atoms with Gasteiger partial charge in [-0.1, -0.05) is 26.8 Å². The summed E-state index contributed by atoms with van der Waals surface area (Å²) in [5, 5.41) is 20.7. The van der Waals surface area contributed by atoms with E-state index in [1.54, 1.807) is 12.1 Å². The van der Waals surface area contributed by atoms with Gasteiger partial charge in [-0.3, -0.25) is 14.9 Å². The number of nitro groups is 1. The fourth-order valence-electron chi connectivity index (χ4n) is 3.11. The van der Waals surface area contributed by atoms with E-state index in [-0.39, 0.29) is 23.1 Å². The molecule has 2 atom stereocenters. The summed E-state index contributed by atoms with van der Waals surface area (Å²) in [4.78, 5) is 36.3. The molecular formula is C17H22N2O5. The zero-order chi connectivity index (χ0) is 18.0. The smallest absolute Gasteiger partial charge is 0.326 e. The average Bonchev–Trinajstić information content (AvgIpc) is 2.53. The number of hydrogen-bond acceptors (Lipinski definition) is 4. The second kappa shape index (κ2) is 6.98. The fraction of sp³-hybridized carbons (Fsp3) is 0.529. The van der Waals surface area contributed by atoms with Gasteiger partial charge in [0.25, 0.3) is 11.6 Å². The van der Waals surface area contributed by atoms with Crippen molar-refractivity contribution in [2.45, 2.75) is 45.6 Å². The molecule has 1 heterocycles. The van der Waals surface area contributed by atoms with Gasteiger partial charge in [-0.15, -0.1) is 0 Å². The minimum atomic E-state index is -1.04. The summed E-state index contributed by atoms with van der Waals surface area (Å²) < 4.78 is 0. The van der Waals surface area contributed by atoms with E-state index in [0.29, 0.717) is 18.5 Å². The summed E-state index contributed by atoms with van der Waals surface area (Å²) >= 11 is 0. The molecule has 1 N–H and O–H groups in total. The van der Waals surface area contributed by atoms with Crippen molar-refractivity contribution in [3.63, 3.8) is 0 Å². The Balaban J connectivity index is 2.36. The third-order valence-electron chi connectivity index (χ3n) is 4.51. The first-order chi connectivity index (χ1) is 11.2. The second-order valence-corrected chi connectivity index (χ2v) is 6.67. The van der Waals surface area contributed by atoms with Gasteiger partial charge in [0.15, 0.2) is 0 Å². The molecule has 1 aromatic rings. The Morgan fingerprint density at radius 1 is 1.38 bits per heavy atom. The van der Waals surface area contributed by atoms with Crippen LogP contribution in [0.5, 0.6) is 0 Å². The van der Waals surface area contributed by atoms with Crippen LogP contribution in [0.2, 0.25) is 0 Å². The Bertz CT molecular complexity index is 671. The van der Waals surface area contributed by atoms with Crippen LogP contribution in [-0.2, 0) is 4.79 Å². The van der Waals surface area contributed by atoms with Crippen molar-refractivity contribution in [1.29, 1.82) is 0 Å². The van der Waals surface area contributed by atoms with Crippen molar-refractivity contribution < 1.29 is 19.6 Å². The van der Waals surface area contributed by atoms with Gasteiger partial charge in [0, 0.05) is 23.7 Å². The molecule has 7 nitrogen and oxygen atoms in total. The van der Waals surface area contributed by atoms with E-state index in [1.165, 1.54) is 11.0 Å². The molecular weight excluding hydrogens is 312 g/mol. The van der Waals surface area contributed by atoms with Crippen molar-refractivity contribution in [2.24, 2.45) is 5.92 Å². The van der Waals surface area contributed by atoms with Crippen molar-refractivity contribution in [2.75, 3.05) is 6.54 Å². The van der Waals surface area contributed by atoms with Gasteiger partial charge in [0.05, 0.1) is 4.92 Å². The molecule has 24 heavy (non-hydrogen) atoms. The standard InChI is InChI=1S/C17H22N2O5/c1-10(2)13-5-4-12(9-14(13)19(23)24)16(20)18-7-6-11(3)8-15(18)17(21)22/h4-5,9-11,15H,6-8H2,1-3H3,(H,21,22). The van der Waals surface area contributed by atoms with Crippen molar-refractivity contribution >= 4 is 17.6 Å². The van der Waals surface area contributed by atoms with Crippen LogP contribution in [0.15, 0.2) is 18.2 Å². The molecule has 2 rings (SSSR count). The maximum absolute atomic E-state index is 12.7. The quantitative estimate of drug-likeness (QED) is 0.673. The zero-order valence-electron chi connectivity index (χ0n) is 14.1. The Kier molecular flexibility index (Phi) is 5.21. The lowest BCUT2D eigenvalue weighted by Gasteiger charge is -2.36. The number of carboxylic acid groups (broad SMARTS) is 1. The number of hydrogen-bond donors (Lipinski definition) is 1. The Hall–Kier alpha value is -2.44. The Morgan fingerprint density at radius 3 is 2.58 bits per heavy atom. The molecule has 0 aromatic heterocycles.